The number of carbonyl (C=O) groups excluding carboxylic acids is 1. The zero-order valence-electron chi connectivity index (χ0n) is 12.0. The second-order valence-corrected chi connectivity index (χ2v) is 7.68. The average molecular weight is 293 g/mol. The summed E-state index contributed by atoms with van der Waals surface area (Å²) in [6, 6.07) is -1.03. The molecule has 2 N–H and O–H groups in total. The summed E-state index contributed by atoms with van der Waals surface area (Å²) < 4.78 is 26.0. The fourth-order valence-corrected chi connectivity index (χ4v) is 4.20. The molecule has 1 fully saturated rings. The van der Waals surface area contributed by atoms with Gasteiger partial charge in [0, 0.05) is 12.2 Å². The van der Waals surface area contributed by atoms with E-state index in [1.165, 1.54) is 6.42 Å². The fraction of sp³-hybridized carbons (Fsp3) is 0.929. The molecule has 1 aliphatic rings. The van der Waals surface area contributed by atoms with Gasteiger partial charge in [-0.15, -0.1) is 0 Å². The van der Waals surface area contributed by atoms with E-state index in [-0.39, 0.29) is 0 Å². The van der Waals surface area contributed by atoms with Gasteiger partial charge in [-0.1, -0.05) is 26.7 Å². The van der Waals surface area contributed by atoms with E-state index in [9.17, 15) is 13.6 Å². The molecule has 5 heteroatoms. The van der Waals surface area contributed by atoms with Crippen LogP contribution < -0.4 is 5.73 Å². The normalized spacial score (nSPS) is 26.5. The van der Waals surface area contributed by atoms with Crippen LogP contribution in [0.2, 0.25) is 0 Å². The number of Topliss-reactive ketones (excluding diaryl/α,β-unsaturated/α-hetero) is 1. The number of nitrogens with two attached hydrogens (primary N) is 1. The van der Waals surface area contributed by atoms with E-state index in [0.29, 0.717) is 29.8 Å². The summed E-state index contributed by atoms with van der Waals surface area (Å²) >= 11 is 1.89. The van der Waals surface area contributed by atoms with Crippen molar-refractivity contribution in [3.05, 3.63) is 0 Å². The quantitative estimate of drug-likeness (QED) is 0.813. The minimum absolute atomic E-state index is 0.294. The summed E-state index contributed by atoms with van der Waals surface area (Å²) in [5.41, 5.74) is 5.69. The van der Waals surface area contributed by atoms with Gasteiger partial charge >= 0.3 is 5.92 Å². The lowest BCUT2D eigenvalue weighted by molar-refractivity contribution is -0.142. The van der Waals surface area contributed by atoms with Crippen LogP contribution in [-0.2, 0) is 4.79 Å². The van der Waals surface area contributed by atoms with E-state index < -0.39 is 17.7 Å². The number of alkyl halides is 2. The first-order valence-corrected chi connectivity index (χ1v) is 7.99. The maximum atomic E-state index is 13.0. The molecule has 0 spiro atoms. The molecule has 0 aromatic carbocycles. The number of halogens is 2. The van der Waals surface area contributed by atoms with Crippen molar-refractivity contribution in [3.63, 3.8) is 0 Å². The smallest absolute Gasteiger partial charge is 0.304 e. The highest BCUT2D eigenvalue weighted by atomic mass is 32.2. The van der Waals surface area contributed by atoms with Gasteiger partial charge in [-0.3, -0.25) is 4.79 Å². The zero-order chi connectivity index (χ0) is 14.6. The molecule has 0 aromatic rings. The van der Waals surface area contributed by atoms with E-state index in [4.69, 9.17) is 5.73 Å². The second kappa shape index (κ2) is 7.02. The third-order valence-electron chi connectivity index (χ3n) is 3.61. The third-order valence-corrected chi connectivity index (χ3v) is 5.13. The standard InChI is InChI=1S/C14H25F2NOS/c1-9(2)19-12-7-5-4-6-10(12)8-11(17)13(18)14(3,15)16/h9-12H,4-8,17H2,1-3H3/t10?,11-,12?/m0/s1. The van der Waals surface area contributed by atoms with Crippen molar-refractivity contribution in [1.82, 2.24) is 0 Å². The van der Waals surface area contributed by atoms with E-state index in [1.54, 1.807) is 0 Å². The number of carbonyl (C=O) groups is 1. The Morgan fingerprint density at radius 1 is 1.37 bits per heavy atom. The van der Waals surface area contributed by atoms with Gasteiger partial charge in [0.25, 0.3) is 0 Å². The number of ketones is 1. The first-order chi connectivity index (χ1) is 8.71. The Morgan fingerprint density at radius 2 is 1.95 bits per heavy atom. The van der Waals surface area contributed by atoms with E-state index in [1.807, 2.05) is 11.8 Å². The third kappa shape index (κ3) is 5.38. The SMILES string of the molecule is CC(C)SC1CCCCC1C[C@H](N)C(=O)C(C)(F)F. The molecule has 2 unspecified atom stereocenters. The van der Waals surface area contributed by atoms with Gasteiger partial charge in [0.2, 0.25) is 5.78 Å². The monoisotopic (exact) mass is 293 g/mol. The Hall–Kier alpha value is -0.160. The summed E-state index contributed by atoms with van der Waals surface area (Å²) in [7, 11) is 0. The van der Waals surface area contributed by atoms with Crippen molar-refractivity contribution < 1.29 is 13.6 Å². The molecule has 1 saturated carbocycles. The van der Waals surface area contributed by atoms with Crippen molar-refractivity contribution >= 4 is 17.5 Å². The first kappa shape index (κ1) is 16.9. The minimum atomic E-state index is -3.31. The molecule has 3 atom stereocenters. The first-order valence-electron chi connectivity index (χ1n) is 7.05. The number of thioether (sulfide) groups is 1. The predicted molar refractivity (Wildman–Crippen MR) is 76.7 cm³/mol. The van der Waals surface area contributed by atoms with Crippen molar-refractivity contribution in [2.24, 2.45) is 11.7 Å². The molecule has 1 aliphatic carbocycles. The van der Waals surface area contributed by atoms with Crippen LogP contribution in [0.4, 0.5) is 8.78 Å². The van der Waals surface area contributed by atoms with Crippen LogP contribution in [0.3, 0.4) is 0 Å². The summed E-state index contributed by atoms with van der Waals surface area (Å²) in [6.07, 6.45) is 4.81. The maximum Gasteiger partial charge on any atom is 0.304 e. The second-order valence-electron chi connectivity index (χ2n) is 5.86. The largest absolute Gasteiger partial charge is 0.321 e. The van der Waals surface area contributed by atoms with Crippen molar-refractivity contribution in [2.45, 2.75) is 75.3 Å². The van der Waals surface area contributed by atoms with Gasteiger partial charge in [-0.2, -0.15) is 20.5 Å². The van der Waals surface area contributed by atoms with Gasteiger partial charge < -0.3 is 5.73 Å². The van der Waals surface area contributed by atoms with Crippen LogP contribution in [-0.4, -0.2) is 28.2 Å². The number of hydrogen-bond donors (Lipinski definition) is 1. The molecule has 0 heterocycles. The molecule has 0 aromatic heterocycles. The zero-order valence-corrected chi connectivity index (χ0v) is 12.8. The molecular weight excluding hydrogens is 268 g/mol. The Balaban J connectivity index is 2.59. The Kier molecular flexibility index (Phi) is 6.24. The lowest BCUT2D eigenvalue weighted by Crippen LogP contribution is -2.43. The minimum Gasteiger partial charge on any atom is -0.321 e. The van der Waals surface area contributed by atoms with Gasteiger partial charge in [-0.05, 0) is 30.4 Å². The average Bonchev–Trinajstić information content (AvgIpc) is 2.28. The van der Waals surface area contributed by atoms with Gasteiger partial charge in [0.15, 0.2) is 0 Å². The predicted octanol–water partition coefficient (Wildman–Crippen LogP) is 3.63. The Labute approximate surface area is 118 Å². The van der Waals surface area contributed by atoms with E-state index >= 15 is 0 Å². The van der Waals surface area contributed by atoms with E-state index in [0.717, 1.165) is 19.3 Å². The molecule has 19 heavy (non-hydrogen) atoms. The molecule has 1 rings (SSSR count). The fourth-order valence-electron chi connectivity index (χ4n) is 2.73. The van der Waals surface area contributed by atoms with Gasteiger partial charge in [0.1, 0.15) is 0 Å². The van der Waals surface area contributed by atoms with Crippen LogP contribution in [0, 0.1) is 5.92 Å². The topological polar surface area (TPSA) is 43.1 Å². The number of hydrogen-bond acceptors (Lipinski definition) is 3. The van der Waals surface area contributed by atoms with Gasteiger partial charge in [-0.25, -0.2) is 0 Å². The summed E-state index contributed by atoms with van der Waals surface area (Å²) in [5.74, 6) is -4.14. The molecule has 0 radical (unpaired) electrons. The lowest BCUT2D eigenvalue weighted by Gasteiger charge is -2.33. The van der Waals surface area contributed by atoms with Crippen molar-refractivity contribution in [2.75, 3.05) is 0 Å². The maximum absolute atomic E-state index is 13.0. The van der Waals surface area contributed by atoms with Crippen LogP contribution >= 0.6 is 11.8 Å². The summed E-state index contributed by atoms with van der Waals surface area (Å²) in [5, 5.41) is 0.975. The lowest BCUT2D eigenvalue weighted by atomic mass is 9.83. The molecular formula is C14H25F2NOS. The van der Waals surface area contributed by atoms with Crippen molar-refractivity contribution in [1.29, 1.82) is 0 Å². The van der Waals surface area contributed by atoms with Crippen LogP contribution in [0.1, 0.15) is 52.9 Å². The molecule has 112 valence electrons. The summed E-state index contributed by atoms with van der Waals surface area (Å²) in [4.78, 5) is 11.5. The molecule has 0 bridgehead atoms. The summed E-state index contributed by atoms with van der Waals surface area (Å²) in [6.45, 7) is 4.92. The van der Waals surface area contributed by atoms with Crippen LogP contribution in [0.15, 0.2) is 0 Å². The number of rotatable bonds is 6. The van der Waals surface area contributed by atoms with Crippen LogP contribution in [0.5, 0.6) is 0 Å². The molecule has 0 saturated heterocycles. The highest BCUT2D eigenvalue weighted by Gasteiger charge is 2.38. The van der Waals surface area contributed by atoms with E-state index in [2.05, 4.69) is 13.8 Å². The Bertz CT molecular complexity index is 304. The Morgan fingerprint density at radius 3 is 2.47 bits per heavy atom. The van der Waals surface area contributed by atoms with Gasteiger partial charge in [0.05, 0.1) is 6.04 Å². The molecule has 2 nitrogen and oxygen atoms in total. The highest BCUT2D eigenvalue weighted by Crippen LogP contribution is 2.38. The molecule has 0 aliphatic heterocycles. The van der Waals surface area contributed by atoms with Crippen molar-refractivity contribution in [3.8, 4) is 0 Å². The van der Waals surface area contributed by atoms with Crippen LogP contribution in [0.25, 0.3) is 0 Å². The molecule has 0 amide bonds. The highest BCUT2D eigenvalue weighted by molar-refractivity contribution is 8.00.